The van der Waals surface area contributed by atoms with Crippen molar-refractivity contribution in [3.05, 3.63) is 65.2 Å². The first kappa shape index (κ1) is 12.2. The molecule has 0 amide bonds. The predicted octanol–water partition coefficient (Wildman–Crippen LogP) is 3.31. The van der Waals surface area contributed by atoms with Crippen LogP contribution in [0.15, 0.2) is 48.5 Å². The number of anilines is 1. The predicted molar refractivity (Wildman–Crippen MR) is 71.9 cm³/mol. The summed E-state index contributed by atoms with van der Waals surface area (Å²) in [7, 11) is 0. The maximum absolute atomic E-state index is 10.9. The summed E-state index contributed by atoms with van der Waals surface area (Å²) in [6.07, 6.45) is 0. The highest BCUT2D eigenvalue weighted by Gasteiger charge is 2.06. The molecule has 0 bridgehead atoms. The van der Waals surface area contributed by atoms with Crippen LogP contribution in [0.1, 0.15) is 21.5 Å². The van der Waals surface area contributed by atoms with Gasteiger partial charge < -0.3 is 10.4 Å². The lowest BCUT2D eigenvalue weighted by atomic mass is 10.1. The number of hydrogen-bond acceptors (Lipinski definition) is 2. The van der Waals surface area contributed by atoms with Crippen LogP contribution in [0.3, 0.4) is 0 Å². The summed E-state index contributed by atoms with van der Waals surface area (Å²) in [5.41, 5.74) is 3.24. The average molecular weight is 241 g/mol. The highest BCUT2D eigenvalue weighted by atomic mass is 16.4. The summed E-state index contributed by atoms with van der Waals surface area (Å²) in [4.78, 5) is 10.9. The van der Waals surface area contributed by atoms with Crippen LogP contribution < -0.4 is 5.32 Å². The zero-order valence-electron chi connectivity index (χ0n) is 10.2. The van der Waals surface area contributed by atoms with Gasteiger partial charge in [0.1, 0.15) is 0 Å². The summed E-state index contributed by atoms with van der Waals surface area (Å²) in [5, 5.41) is 12.2. The van der Waals surface area contributed by atoms with Crippen molar-refractivity contribution in [2.75, 3.05) is 5.32 Å². The molecule has 0 atom stereocenters. The first-order valence-electron chi connectivity index (χ1n) is 5.78. The lowest BCUT2D eigenvalue weighted by Crippen LogP contribution is -2.03. The van der Waals surface area contributed by atoms with Crippen LogP contribution in [-0.4, -0.2) is 11.1 Å². The van der Waals surface area contributed by atoms with Crippen molar-refractivity contribution >= 4 is 11.7 Å². The number of carboxylic acid groups (broad SMARTS) is 1. The quantitative estimate of drug-likeness (QED) is 0.863. The molecule has 0 spiro atoms. The Bertz CT molecular complexity index is 550. The molecule has 2 rings (SSSR count). The topological polar surface area (TPSA) is 49.3 Å². The molecule has 0 unspecified atom stereocenters. The van der Waals surface area contributed by atoms with Crippen LogP contribution >= 0.6 is 0 Å². The number of aryl methyl sites for hydroxylation is 1. The molecule has 0 saturated carbocycles. The molecule has 0 aliphatic rings. The monoisotopic (exact) mass is 241 g/mol. The van der Waals surface area contributed by atoms with Crippen LogP contribution in [0.5, 0.6) is 0 Å². The van der Waals surface area contributed by atoms with Gasteiger partial charge in [-0.3, -0.25) is 0 Å². The Kier molecular flexibility index (Phi) is 3.63. The van der Waals surface area contributed by atoms with Gasteiger partial charge in [0, 0.05) is 12.2 Å². The van der Waals surface area contributed by atoms with Gasteiger partial charge in [-0.1, -0.05) is 30.3 Å². The zero-order valence-corrected chi connectivity index (χ0v) is 10.2. The fourth-order valence-corrected chi connectivity index (χ4v) is 1.81. The minimum absolute atomic E-state index is 0.347. The van der Waals surface area contributed by atoms with Crippen molar-refractivity contribution in [3.63, 3.8) is 0 Å². The summed E-state index contributed by atoms with van der Waals surface area (Å²) < 4.78 is 0. The van der Waals surface area contributed by atoms with E-state index in [0.717, 1.165) is 17.8 Å². The summed E-state index contributed by atoms with van der Waals surface area (Å²) in [5.74, 6) is -0.887. The van der Waals surface area contributed by atoms with Gasteiger partial charge in [-0.25, -0.2) is 4.79 Å². The number of benzene rings is 2. The van der Waals surface area contributed by atoms with Gasteiger partial charge in [-0.15, -0.1) is 0 Å². The molecule has 0 heterocycles. The van der Waals surface area contributed by atoms with Crippen LogP contribution in [-0.2, 0) is 6.54 Å². The third-order valence-electron chi connectivity index (χ3n) is 2.80. The maximum atomic E-state index is 10.9. The lowest BCUT2D eigenvalue weighted by Gasteiger charge is -2.08. The van der Waals surface area contributed by atoms with Crippen molar-refractivity contribution < 1.29 is 9.90 Å². The molecule has 2 aromatic carbocycles. The minimum atomic E-state index is -0.887. The highest BCUT2D eigenvalue weighted by molar-refractivity contribution is 5.89. The molecule has 2 N–H and O–H groups in total. The summed E-state index contributed by atoms with van der Waals surface area (Å²) in [6, 6.07) is 15.3. The molecule has 0 saturated heterocycles. The molecule has 3 heteroatoms. The van der Waals surface area contributed by atoms with E-state index >= 15 is 0 Å². The van der Waals surface area contributed by atoms with Gasteiger partial charge in [0.05, 0.1) is 5.56 Å². The second kappa shape index (κ2) is 5.36. The number of nitrogens with one attached hydrogen (secondary N) is 1. The van der Waals surface area contributed by atoms with Crippen LogP contribution in [0, 0.1) is 6.92 Å². The van der Waals surface area contributed by atoms with E-state index < -0.39 is 5.97 Å². The second-order valence-electron chi connectivity index (χ2n) is 4.17. The maximum Gasteiger partial charge on any atom is 0.335 e. The Morgan fingerprint density at radius 1 is 1.17 bits per heavy atom. The molecule has 0 aliphatic heterocycles. The van der Waals surface area contributed by atoms with Crippen molar-refractivity contribution in [2.45, 2.75) is 13.5 Å². The summed E-state index contributed by atoms with van der Waals surface area (Å²) in [6.45, 7) is 2.53. The Hall–Kier alpha value is -2.29. The molecular weight excluding hydrogens is 226 g/mol. The molecule has 92 valence electrons. The largest absolute Gasteiger partial charge is 0.478 e. The molecule has 18 heavy (non-hydrogen) atoms. The number of carboxylic acids is 1. The van der Waals surface area contributed by atoms with Gasteiger partial charge in [0.15, 0.2) is 0 Å². The Balaban J connectivity index is 2.07. The van der Waals surface area contributed by atoms with E-state index in [1.165, 1.54) is 5.56 Å². The van der Waals surface area contributed by atoms with Crippen LogP contribution in [0.25, 0.3) is 0 Å². The van der Waals surface area contributed by atoms with Gasteiger partial charge in [-0.2, -0.15) is 0 Å². The third-order valence-corrected chi connectivity index (χ3v) is 2.80. The normalized spacial score (nSPS) is 10.1. The number of rotatable bonds is 4. The molecular formula is C15H15NO2. The van der Waals surface area contributed by atoms with Gasteiger partial charge >= 0.3 is 5.97 Å². The molecule has 0 aliphatic carbocycles. The minimum Gasteiger partial charge on any atom is -0.478 e. The smallest absolute Gasteiger partial charge is 0.335 e. The summed E-state index contributed by atoms with van der Waals surface area (Å²) >= 11 is 0. The van der Waals surface area contributed by atoms with Crippen LogP contribution in [0.4, 0.5) is 5.69 Å². The Morgan fingerprint density at radius 3 is 2.50 bits per heavy atom. The number of hydrogen-bond donors (Lipinski definition) is 2. The number of carbonyl (C=O) groups is 1. The SMILES string of the molecule is Cc1cc(NCc2ccccc2)ccc1C(=O)O. The second-order valence-corrected chi connectivity index (χ2v) is 4.17. The molecule has 3 nitrogen and oxygen atoms in total. The van der Waals surface area contributed by atoms with E-state index in [2.05, 4.69) is 5.32 Å². The average Bonchev–Trinajstić information content (AvgIpc) is 2.37. The van der Waals surface area contributed by atoms with Crippen molar-refractivity contribution in [2.24, 2.45) is 0 Å². The van der Waals surface area contributed by atoms with E-state index in [4.69, 9.17) is 5.11 Å². The molecule has 0 radical (unpaired) electrons. The zero-order chi connectivity index (χ0) is 13.0. The fourth-order valence-electron chi connectivity index (χ4n) is 1.81. The first-order valence-corrected chi connectivity index (χ1v) is 5.78. The van der Waals surface area contributed by atoms with E-state index in [1.807, 2.05) is 36.4 Å². The standard InChI is InChI=1S/C15H15NO2/c1-11-9-13(7-8-14(11)15(17)18)16-10-12-5-3-2-4-6-12/h2-9,16H,10H2,1H3,(H,17,18). The van der Waals surface area contributed by atoms with Gasteiger partial charge in [0.2, 0.25) is 0 Å². The Morgan fingerprint density at radius 2 is 1.89 bits per heavy atom. The van der Waals surface area contributed by atoms with Gasteiger partial charge in [0.25, 0.3) is 0 Å². The van der Waals surface area contributed by atoms with E-state index in [1.54, 1.807) is 19.1 Å². The highest BCUT2D eigenvalue weighted by Crippen LogP contribution is 2.16. The van der Waals surface area contributed by atoms with E-state index in [9.17, 15) is 4.79 Å². The number of aromatic carboxylic acids is 1. The van der Waals surface area contributed by atoms with Gasteiger partial charge in [-0.05, 0) is 36.2 Å². The van der Waals surface area contributed by atoms with Crippen molar-refractivity contribution in [1.82, 2.24) is 0 Å². The lowest BCUT2D eigenvalue weighted by molar-refractivity contribution is 0.0696. The molecule has 0 aromatic heterocycles. The van der Waals surface area contributed by atoms with E-state index in [0.29, 0.717) is 5.56 Å². The molecule has 2 aromatic rings. The third kappa shape index (κ3) is 2.88. The first-order chi connectivity index (χ1) is 8.66. The Labute approximate surface area is 106 Å². The van der Waals surface area contributed by atoms with E-state index in [-0.39, 0.29) is 0 Å². The van der Waals surface area contributed by atoms with Crippen LogP contribution in [0.2, 0.25) is 0 Å². The fraction of sp³-hybridized carbons (Fsp3) is 0.133. The van der Waals surface area contributed by atoms with Crippen molar-refractivity contribution in [1.29, 1.82) is 0 Å². The molecule has 0 fully saturated rings. The van der Waals surface area contributed by atoms with Crippen molar-refractivity contribution in [3.8, 4) is 0 Å².